The van der Waals surface area contributed by atoms with Crippen LogP contribution in [0.25, 0.3) is 80.7 Å². The third-order valence-electron chi connectivity index (χ3n) is 10.9. The molecule has 5 nitrogen and oxygen atoms in total. The molecule has 0 unspecified atom stereocenters. The minimum Gasteiger partial charge on any atom is -0.456 e. The third kappa shape index (κ3) is 5.61. The molecule has 6 heteroatoms. The number of aromatic nitrogens is 1. The highest BCUT2D eigenvalue weighted by Crippen LogP contribution is 2.45. The van der Waals surface area contributed by atoms with Crippen molar-refractivity contribution in [3.8, 4) is 16.8 Å². The molecule has 0 aliphatic carbocycles. The summed E-state index contributed by atoms with van der Waals surface area (Å²) in [7, 11) is 0. The van der Waals surface area contributed by atoms with Gasteiger partial charge < -0.3 is 14.7 Å². The number of hydrogen-bond acceptors (Lipinski definition) is 3. The highest BCUT2D eigenvalue weighted by Gasteiger charge is 2.19. The normalized spacial score (nSPS) is 12.6. The number of furan rings is 1. The first-order valence-corrected chi connectivity index (χ1v) is 19.9. The molecule has 0 aliphatic heterocycles. The Morgan fingerprint density at radius 3 is 1.98 bits per heavy atom. The van der Waals surface area contributed by atoms with Crippen LogP contribution in [0.1, 0.15) is 16.7 Å². The fourth-order valence-corrected chi connectivity index (χ4v) is 9.46. The molecule has 3 heterocycles. The second-order valence-electron chi connectivity index (χ2n) is 14.3. The van der Waals surface area contributed by atoms with Gasteiger partial charge in [-0.1, -0.05) is 127 Å². The summed E-state index contributed by atoms with van der Waals surface area (Å²) < 4.78 is 11.4. The second-order valence-corrected chi connectivity index (χ2v) is 15.4. The standard InChI is InChI=1S/C51H34N4OS/c52-50(54-51(33-15-5-2-6-16-33)53-31-32-13-3-1-4-14-32)34-25-28-44-41(29-34)48-38(19-11-23-45(48)56-44)39-20-12-24-46-49(39)40-27-26-35(30-47(40)57-46)55-42-21-9-7-17-36(42)37-18-8-10-22-43(37)55/h1-30H,31H2,(H2,52,53,54). The van der Waals surface area contributed by atoms with E-state index in [1.807, 2.05) is 78.1 Å². The molecule has 0 fully saturated rings. The molecule has 11 rings (SSSR count). The smallest absolute Gasteiger partial charge is 0.157 e. The number of thiophene rings is 1. The Balaban J connectivity index is 1.04. The Bertz CT molecular complexity index is 3340. The monoisotopic (exact) mass is 750 g/mol. The largest absolute Gasteiger partial charge is 0.456 e. The van der Waals surface area contributed by atoms with E-state index in [1.165, 1.54) is 47.5 Å². The number of hydrogen-bond donors (Lipinski definition) is 1. The van der Waals surface area contributed by atoms with Gasteiger partial charge in [0.15, 0.2) is 5.84 Å². The van der Waals surface area contributed by atoms with E-state index in [1.54, 1.807) is 0 Å². The zero-order valence-electron chi connectivity index (χ0n) is 30.8. The lowest BCUT2D eigenvalue weighted by molar-refractivity contribution is 0.669. The summed E-state index contributed by atoms with van der Waals surface area (Å²) in [6.07, 6.45) is 0. The van der Waals surface area contributed by atoms with E-state index in [9.17, 15) is 0 Å². The van der Waals surface area contributed by atoms with Gasteiger partial charge in [-0.3, -0.25) is 4.99 Å². The van der Waals surface area contributed by atoms with Crippen molar-refractivity contribution >= 4 is 86.9 Å². The van der Waals surface area contributed by atoms with Gasteiger partial charge in [0.05, 0.1) is 17.6 Å². The molecule has 0 amide bonds. The Morgan fingerprint density at radius 1 is 0.526 bits per heavy atom. The molecular formula is C51H34N4OS. The average Bonchev–Trinajstić information content (AvgIpc) is 3.94. The molecule has 270 valence electrons. The number of amidine groups is 2. The van der Waals surface area contributed by atoms with Crippen molar-refractivity contribution in [1.82, 2.24) is 4.57 Å². The summed E-state index contributed by atoms with van der Waals surface area (Å²) in [5.74, 6) is 0.983. The van der Waals surface area contributed by atoms with Crippen LogP contribution in [-0.4, -0.2) is 16.2 Å². The Kier molecular flexibility index (Phi) is 7.83. The number of fused-ring (bicyclic) bond motifs is 9. The Morgan fingerprint density at radius 2 is 1.21 bits per heavy atom. The molecular weight excluding hydrogens is 717 g/mol. The lowest BCUT2D eigenvalue weighted by atomic mass is 9.95. The van der Waals surface area contributed by atoms with Crippen molar-refractivity contribution in [3.05, 3.63) is 199 Å². The van der Waals surface area contributed by atoms with E-state index in [0.29, 0.717) is 18.2 Å². The number of nitrogens with two attached hydrogens (primary N) is 1. The van der Waals surface area contributed by atoms with Crippen LogP contribution in [-0.2, 0) is 6.54 Å². The molecule has 0 saturated heterocycles. The zero-order chi connectivity index (χ0) is 37.9. The number of rotatable bonds is 6. The van der Waals surface area contributed by atoms with Crippen LogP contribution < -0.4 is 5.73 Å². The summed E-state index contributed by atoms with van der Waals surface area (Å²) in [5, 5.41) is 7.04. The molecule has 3 aromatic heterocycles. The van der Waals surface area contributed by atoms with E-state index in [0.717, 1.165) is 49.9 Å². The molecule has 0 radical (unpaired) electrons. The number of benzene rings is 8. The molecule has 2 N–H and O–H groups in total. The van der Waals surface area contributed by atoms with Gasteiger partial charge in [0, 0.05) is 58.5 Å². The summed E-state index contributed by atoms with van der Waals surface area (Å²) in [6.45, 7) is 0.501. The number of aliphatic imine (C=N–C) groups is 2. The maximum atomic E-state index is 6.82. The van der Waals surface area contributed by atoms with Crippen LogP contribution in [0.4, 0.5) is 0 Å². The number of para-hydroxylation sites is 2. The van der Waals surface area contributed by atoms with Crippen molar-refractivity contribution in [1.29, 1.82) is 0 Å². The highest BCUT2D eigenvalue weighted by molar-refractivity contribution is 7.26. The van der Waals surface area contributed by atoms with Gasteiger partial charge in [-0.05, 0) is 71.3 Å². The van der Waals surface area contributed by atoms with Crippen LogP contribution in [0.3, 0.4) is 0 Å². The molecule has 57 heavy (non-hydrogen) atoms. The quantitative estimate of drug-likeness (QED) is 0.136. The molecule has 0 aliphatic rings. The maximum Gasteiger partial charge on any atom is 0.157 e. The van der Waals surface area contributed by atoms with Crippen molar-refractivity contribution in [2.24, 2.45) is 15.7 Å². The summed E-state index contributed by atoms with van der Waals surface area (Å²) in [6, 6.07) is 63.5. The van der Waals surface area contributed by atoms with Crippen LogP contribution in [0, 0.1) is 0 Å². The van der Waals surface area contributed by atoms with E-state index in [-0.39, 0.29) is 0 Å². The summed E-state index contributed by atoms with van der Waals surface area (Å²) in [5.41, 5.74) is 17.1. The Labute approximate surface area is 332 Å². The molecule has 0 atom stereocenters. The van der Waals surface area contributed by atoms with Crippen molar-refractivity contribution in [2.75, 3.05) is 0 Å². The number of nitrogens with zero attached hydrogens (tertiary/aromatic N) is 3. The lowest BCUT2D eigenvalue weighted by Crippen LogP contribution is -2.16. The van der Waals surface area contributed by atoms with E-state index < -0.39 is 0 Å². The summed E-state index contributed by atoms with van der Waals surface area (Å²) >= 11 is 1.84. The van der Waals surface area contributed by atoms with Gasteiger partial charge in [0.1, 0.15) is 17.0 Å². The topological polar surface area (TPSA) is 68.8 Å². The highest BCUT2D eigenvalue weighted by atomic mass is 32.1. The SMILES string of the molecule is N/C(=N\C(=N/Cc1ccccc1)c1ccccc1)c1ccc2oc3cccc(-c4cccc5sc6cc(-n7c8ccccc8c8ccccc87)ccc6c45)c3c2c1. The minimum atomic E-state index is 0.393. The molecule has 0 spiro atoms. The zero-order valence-corrected chi connectivity index (χ0v) is 31.6. The Hall–Kier alpha value is -7.28. The van der Waals surface area contributed by atoms with Crippen molar-refractivity contribution in [2.45, 2.75) is 6.54 Å². The maximum absolute atomic E-state index is 6.82. The third-order valence-corrected chi connectivity index (χ3v) is 12.0. The van der Waals surface area contributed by atoms with Crippen LogP contribution in [0.15, 0.2) is 196 Å². The molecule has 0 bridgehead atoms. The van der Waals surface area contributed by atoms with E-state index in [4.69, 9.17) is 20.1 Å². The molecule has 0 saturated carbocycles. The van der Waals surface area contributed by atoms with Crippen LogP contribution in [0.5, 0.6) is 0 Å². The predicted octanol–water partition coefficient (Wildman–Crippen LogP) is 13.1. The first-order chi connectivity index (χ1) is 28.2. The van der Waals surface area contributed by atoms with Gasteiger partial charge in [0.2, 0.25) is 0 Å². The molecule has 11 aromatic rings. The van der Waals surface area contributed by atoms with E-state index >= 15 is 0 Å². The van der Waals surface area contributed by atoms with Gasteiger partial charge in [-0.15, -0.1) is 11.3 Å². The fraction of sp³-hybridized carbons (Fsp3) is 0.0196. The van der Waals surface area contributed by atoms with Crippen molar-refractivity contribution < 1.29 is 4.42 Å². The fourth-order valence-electron chi connectivity index (χ4n) is 8.30. The molecule has 8 aromatic carbocycles. The van der Waals surface area contributed by atoms with Crippen LogP contribution in [0.2, 0.25) is 0 Å². The van der Waals surface area contributed by atoms with E-state index in [2.05, 4.69) is 120 Å². The minimum absolute atomic E-state index is 0.393. The lowest BCUT2D eigenvalue weighted by Gasteiger charge is -2.09. The van der Waals surface area contributed by atoms with Gasteiger partial charge >= 0.3 is 0 Å². The first-order valence-electron chi connectivity index (χ1n) is 19.1. The van der Waals surface area contributed by atoms with Gasteiger partial charge in [-0.2, -0.15) is 0 Å². The summed E-state index contributed by atoms with van der Waals surface area (Å²) in [4.78, 5) is 9.84. The van der Waals surface area contributed by atoms with Gasteiger partial charge in [0.25, 0.3) is 0 Å². The van der Waals surface area contributed by atoms with Crippen LogP contribution >= 0.6 is 11.3 Å². The second kappa shape index (κ2) is 13.5. The van der Waals surface area contributed by atoms with Gasteiger partial charge in [-0.25, -0.2) is 4.99 Å². The first kappa shape index (κ1) is 33.1. The predicted molar refractivity (Wildman–Crippen MR) is 240 cm³/mol. The van der Waals surface area contributed by atoms with Crippen molar-refractivity contribution in [3.63, 3.8) is 0 Å². The average molecular weight is 751 g/mol.